The molecule has 0 aliphatic heterocycles. The van der Waals surface area contributed by atoms with E-state index < -0.39 is 12.0 Å². The number of nitrogen functional groups attached to an aromatic ring is 1. The van der Waals surface area contributed by atoms with Gasteiger partial charge in [0.05, 0.1) is 18.6 Å². The van der Waals surface area contributed by atoms with E-state index in [2.05, 4.69) is 19.2 Å². The fraction of sp³-hybridized carbons (Fsp3) is 0.300. The molecule has 1 unspecified atom stereocenters. The second kappa shape index (κ2) is 10.8. The molecule has 1 atom stereocenters. The van der Waals surface area contributed by atoms with Gasteiger partial charge in [0, 0.05) is 16.1 Å². The van der Waals surface area contributed by atoms with Crippen molar-refractivity contribution in [2.75, 3.05) is 18.2 Å². The number of carbonyl (C=O) groups is 1. The molecule has 0 fully saturated rings. The van der Waals surface area contributed by atoms with Gasteiger partial charge < -0.3 is 25.7 Å². The fourth-order valence-corrected chi connectivity index (χ4v) is 3.01. The fourth-order valence-electron chi connectivity index (χ4n) is 2.43. The first kappa shape index (κ1) is 23.7. The number of carbonyl (C=O) groups excluding carboxylic acids is 1. The maximum atomic E-state index is 11.7. The van der Waals surface area contributed by atoms with Crippen molar-refractivity contribution < 1.29 is 14.6 Å². The number of aliphatic carboxylic acids is 1. The third-order valence-electron chi connectivity index (χ3n) is 3.84. The van der Waals surface area contributed by atoms with Crippen molar-refractivity contribution in [3.8, 4) is 5.75 Å². The van der Waals surface area contributed by atoms with E-state index in [4.69, 9.17) is 15.9 Å². The number of amidine groups is 1. The van der Waals surface area contributed by atoms with Crippen LogP contribution in [0.5, 0.6) is 5.75 Å². The molecule has 0 bridgehead atoms. The number of carboxylic acid groups (broad SMARTS) is 1. The van der Waals surface area contributed by atoms with Crippen molar-refractivity contribution in [2.45, 2.75) is 24.8 Å². The lowest BCUT2D eigenvalue weighted by molar-refractivity contribution is -0.307. The van der Waals surface area contributed by atoms with E-state index in [9.17, 15) is 9.90 Å². The predicted octanol–water partition coefficient (Wildman–Crippen LogP) is 3.05. The smallest absolute Gasteiger partial charge is 0.132 e. The molecule has 28 heavy (non-hydrogen) atoms. The van der Waals surface area contributed by atoms with Crippen molar-refractivity contribution in [2.24, 2.45) is 11.7 Å². The maximum Gasteiger partial charge on any atom is 0.132 e. The highest BCUT2D eigenvalue weighted by Gasteiger charge is 2.16. The summed E-state index contributed by atoms with van der Waals surface area (Å²) in [5.74, 6) is -0.133. The molecule has 2 aromatic carbocycles. The Balaban J connectivity index is 0.00000392. The molecule has 0 heterocycles. The highest BCUT2D eigenvalue weighted by atomic mass is 35.5. The summed E-state index contributed by atoms with van der Waals surface area (Å²) in [6, 6.07) is 11.0. The van der Waals surface area contributed by atoms with Gasteiger partial charge in [-0.05, 0) is 54.1 Å². The summed E-state index contributed by atoms with van der Waals surface area (Å²) in [6.45, 7) is 4.73. The average molecular weight is 423 g/mol. The molecule has 4 N–H and O–H groups in total. The molecule has 0 radical (unpaired) electrons. The molecule has 0 amide bonds. The zero-order valence-electron chi connectivity index (χ0n) is 16.0. The number of nitrogens with two attached hydrogens (primary N) is 1. The third-order valence-corrected chi connectivity index (χ3v) is 4.59. The van der Waals surface area contributed by atoms with Crippen molar-refractivity contribution >= 4 is 41.7 Å². The lowest BCUT2D eigenvalue weighted by Crippen LogP contribution is -2.34. The van der Waals surface area contributed by atoms with Crippen LogP contribution >= 0.6 is 24.2 Å². The van der Waals surface area contributed by atoms with Gasteiger partial charge in [-0.15, -0.1) is 24.2 Å². The van der Waals surface area contributed by atoms with Gasteiger partial charge >= 0.3 is 0 Å². The molecule has 2 rings (SSSR count). The Morgan fingerprint density at radius 2 is 1.89 bits per heavy atom. The van der Waals surface area contributed by atoms with E-state index in [1.807, 2.05) is 6.26 Å². The van der Waals surface area contributed by atoms with Crippen LogP contribution in [0.1, 0.15) is 31.0 Å². The van der Waals surface area contributed by atoms with E-state index in [-0.39, 0.29) is 18.2 Å². The Morgan fingerprint density at radius 3 is 2.39 bits per heavy atom. The Hall–Kier alpha value is -2.38. The minimum Gasteiger partial charge on any atom is -0.548 e. The topological polar surface area (TPSA) is 111 Å². The van der Waals surface area contributed by atoms with E-state index >= 15 is 0 Å². The predicted molar refractivity (Wildman–Crippen MR) is 115 cm³/mol. The highest BCUT2D eigenvalue weighted by molar-refractivity contribution is 7.98. The van der Waals surface area contributed by atoms with Gasteiger partial charge in [-0.3, -0.25) is 5.41 Å². The number of anilines is 1. The van der Waals surface area contributed by atoms with Crippen LogP contribution in [0.25, 0.3) is 0 Å². The van der Waals surface area contributed by atoms with Crippen molar-refractivity contribution in [1.82, 2.24) is 0 Å². The molecule has 0 saturated heterocycles. The van der Waals surface area contributed by atoms with Gasteiger partial charge in [0.2, 0.25) is 0 Å². The van der Waals surface area contributed by atoms with Crippen molar-refractivity contribution in [1.29, 1.82) is 5.41 Å². The number of nitrogens with one attached hydrogen (secondary N) is 2. The number of carboxylic acids is 1. The Morgan fingerprint density at radius 1 is 1.25 bits per heavy atom. The number of hydrogen-bond donors (Lipinski definition) is 3. The van der Waals surface area contributed by atoms with Gasteiger partial charge in [-0.25, -0.2) is 0 Å². The Labute approximate surface area is 175 Å². The quantitative estimate of drug-likeness (QED) is 0.325. The van der Waals surface area contributed by atoms with Crippen LogP contribution in [-0.4, -0.2) is 24.7 Å². The number of hydrogen-bond acceptors (Lipinski definition) is 6. The summed E-state index contributed by atoms with van der Waals surface area (Å²) < 4.78 is 5.80. The lowest BCUT2D eigenvalue weighted by Gasteiger charge is -2.23. The van der Waals surface area contributed by atoms with Gasteiger partial charge in [0.15, 0.2) is 0 Å². The Kier molecular flexibility index (Phi) is 9.15. The highest BCUT2D eigenvalue weighted by Crippen LogP contribution is 2.32. The minimum absolute atomic E-state index is 0. The van der Waals surface area contributed by atoms with Crippen LogP contribution in [0.3, 0.4) is 0 Å². The van der Waals surface area contributed by atoms with Gasteiger partial charge in [-0.1, -0.05) is 19.9 Å². The minimum atomic E-state index is -1.23. The normalized spacial score (nSPS) is 11.4. The van der Waals surface area contributed by atoms with Gasteiger partial charge in [0.1, 0.15) is 11.6 Å². The first-order valence-electron chi connectivity index (χ1n) is 8.54. The number of rotatable bonds is 9. The molecule has 0 spiro atoms. The van der Waals surface area contributed by atoms with Crippen LogP contribution < -0.4 is 20.9 Å². The third kappa shape index (κ3) is 6.35. The molecule has 0 aliphatic carbocycles. The summed E-state index contributed by atoms with van der Waals surface area (Å²) in [4.78, 5) is 12.6. The van der Waals surface area contributed by atoms with E-state index in [0.717, 1.165) is 10.6 Å². The molecule has 8 heteroatoms. The number of ether oxygens (including phenoxy) is 1. The van der Waals surface area contributed by atoms with Crippen molar-refractivity contribution in [3.63, 3.8) is 0 Å². The number of halogens is 1. The van der Waals surface area contributed by atoms with Gasteiger partial charge in [0.25, 0.3) is 0 Å². The largest absolute Gasteiger partial charge is 0.548 e. The molecule has 6 nitrogen and oxygen atoms in total. The monoisotopic (exact) mass is 422 g/mol. The van der Waals surface area contributed by atoms with Crippen LogP contribution in [0.2, 0.25) is 0 Å². The van der Waals surface area contributed by atoms with Crippen LogP contribution in [0.15, 0.2) is 47.4 Å². The first-order valence-corrected chi connectivity index (χ1v) is 9.77. The van der Waals surface area contributed by atoms with Crippen molar-refractivity contribution in [3.05, 3.63) is 53.6 Å². The zero-order chi connectivity index (χ0) is 20.0. The summed E-state index contributed by atoms with van der Waals surface area (Å²) in [5, 5.41) is 22.1. The summed E-state index contributed by atoms with van der Waals surface area (Å²) >= 11 is 1.50. The molecule has 0 aliphatic rings. The first-order chi connectivity index (χ1) is 12.8. The summed E-state index contributed by atoms with van der Waals surface area (Å²) in [7, 11) is 0. The summed E-state index contributed by atoms with van der Waals surface area (Å²) in [5.41, 5.74) is 7.18. The van der Waals surface area contributed by atoms with Crippen LogP contribution in [0.4, 0.5) is 5.69 Å². The lowest BCUT2D eigenvalue weighted by atomic mass is 10.1. The van der Waals surface area contributed by atoms with Crippen LogP contribution in [0, 0.1) is 11.3 Å². The second-order valence-corrected chi connectivity index (χ2v) is 7.35. The molecule has 152 valence electrons. The molecule has 0 aromatic heterocycles. The number of thioether (sulfide) groups is 1. The van der Waals surface area contributed by atoms with Gasteiger partial charge in [-0.2, -0.15) is 0 Å². The summed E-state index contributed by atoms with van der Waals surface area (Å²) in [6.07, 6.45) is 1.92. The zero-order valence-corrected chi connectivity index (χ0v) is 17.7. The van der Waals surface area contributed by atoms with E-state index in [1.165, 1.54) is 11.8 Å². The molecule has 0 saturated carbocycles. The van der Waals surface area contributed by atoms with Crippen LogP contribution in [-0.2, 0) is 4.79 Å². The second-order valence-electron chi connectivity index (χ2n) is 6.50. The average Bonchev–Trinajstić information content (AvgIpc) is 2.64. The van der Waals surface area contributed by atoms with E-state index in [1.54, 1.807) is 42.5 Å². The molecular weight excluding hydrogens is 398 g/mol. The molecular formula is C20H25ClN3O3S-. The SMILES string of the molecule is CSc1cc(C(Nc2ccc(C(=N)N)cc2)C(=O)[O-])ccc1OCC(C)C.Cl. The number of benzene rings is 2. The standard InChI is InChI=1S/C20H25N3O3S.ClH/c1-12(2)11-26-16-9-6-14(10-17(16)27-3)18(20(24)25)23-15-7-4-13(5-8-15)19(21)22;/h4-10,12,18,23H,11H2,1-3H3,(H3,21,22)(H,24,25);1H/p-1. The van der Waals surface area contributed by atoms with E-state index in [0.29, 0.717) is 29.3 Å². The Bertz CT molecular complexity index is 813. The maximum absolute atomic E-state index is 11.7. The molecule has 2 aromatic rings.